The molecule has 156 valence electrons. The Kier molecular flexibility index (Phi) is 6.36. The average molecular weight is 435 g/mol. The van der Waals surface area contributed by atoms with E-state index >= 15 is 0 Å². The Balaban J connectivity index is 1.63. The van der Waals surface area contributed by atoms with Gasteiger partial charge in [-0.05, 0) is 36.4 Å². The molecule has 2 amide bonds. The monoisotopic (exact) mass is 435 g/mol. The third-order valence-electron chi connectivity index (χ3n) is 3.86. The number of amides is 2. The normalized spacial score (nSPS) is 11.1. The summed E-state index contributed by atoms with van der Waals surface area (Å²) in [5.74, 6) is -0.999. The fraction of sp³-hybridized carbons (Fsp3) is 0.150. The van der Waals surface area contributed by atoms with Crippen LogP contribution in [-0.4, -0.2) is 23.2 Å². The highest BCUT2D eigenvalue weighted by Crippen LogP contribution is 2.27. The molecule has 1 heterocycles. The number of nitrogens with zero attached hydrogens (tertiary/aromatic N) is 1. The van der Waals surface area contributed by atoms with E-state index in [2.05, 4.69) is 20.4 Å². The Morgan fingerprint density at radius 1 is 1.03 bits per heavy atom. The van der Waals surface area contributed by atoms with Crippen molar-refractivity contribution in [3.63, 3.8) is 0 Å². The van der Waals surface area contributed by atoms with Crippen LogP contribution in [0.1, 0.15) is 23.7 Å². The Morgan fingerprint density at radius 2 is 1.70 bits per heavy atom. The van der Waals surface area contributed by atoms with Crippen molar-refractivity contribution in [3.8, 4) is 17.0 Å². The number of thiazole rings is 1. The number of carbonyl (C=O) groups excluding carboxylic acids is 2. The number of anilines is 2. The second-order valence-corrected chi connectivity index (χ2v) is 6.90. The third-order valence-corrected chi connectivity index (χ3v) is 4.62. The van der Waals surface area contributed by atoms with Crippen LogP contribution in [0.3, 0.4) is 0 Å². The van der Waals surface area contributed by atoms with Gasteiger partial charge in [-0.15, -0.1) is 24.5 Å². The van der Waals surface area contributed by atoms with Crippen molar-refractivity contribution in [1.82, 2.24) is 4.98 Å². The summed E-state index contributed by atoms with van der Waals surface area (Å²) in [5.41, 5.74) is 2.28. The van der Waals surface area contributed by atoms with Gasteiger partial charge in [-0.25, -0.2) is 4.98 Å². The van der Waals surface area contributed by atoms with Gasteiger partial charge < -0.3 is 10.1 Å². The molecule has 3 rings (SSSR count). The summed E-state index contributed by atoms with van der Waals surface area (Å²) in [6.07, 6.45) is -4.41. The van der Waals surface area contributed by atoms with Crippen LogP contribution in [0.4, 0.5) is 24.0 Å². The van der Waals surface area contributed by atoms with Gasteiger partial charge in [-0.3, -0.25) is 14.9 Å². The van der Waals surface area contributed by atoms with Gasteiger partial charge in [0.1, 0.15) is 5.75 Å². The van der Waals surface area contributed by atoms with Gasteiger partial charge in [0.25, 0.3) is 5.91 Å². The van der Waals surface area contributed by atoms with Gasteiger partial charge >= 0.3 is 6.36 Å². The summed E-state index contributed by atoms with van der Waals surface area (Å²) >= 11 is 1.21. The Labute approximate surface area is 173 Å². The summed E-state index contributed by atoms with van der Waals surface area (Å²) in [5, 5.41) is 7.46. The maximum absolute atomic E-state index is 12.3. The zero-order valence-electron chi connectivity index (χ0n) is 15.6. The maximum atomic E-state index is 12.3. The highest BCUT2D eigenvalue weighted by molar-refractivity contribution is 7.14. The van der Waals surface area contributed by atoms with Crippen molar-refractivity contribution in [2.45, 2.75) is 19.7 Å². The van der Waals surface area contributed by atoms with Gasteiger partial charge in [0.05, 0.1) is 5.69 Å². The van der Waals surface area contributed by atoms with E-state index in [-0.39, 0.29) is 11.5 Å². The second-order valence-electron chi connectivity index (χ2n) is 6.04. The molecule has 0 aliphatic heterocycles. The van der Waals surface area contributed by atoms with Crippen LogP contribution in [-0.2, 0) is 4.79 Å². The van der Waals surface area contributed by atoms with Crippen LogP contribution in [0.2, 0.25) is 0 Å². The van der Waals surface area contributed by atoms with Crippen LogP contribution in [0.15, 0.2) is 53.9 Å². The van der Waals surface area contributed by atoms with Gasteiger partial charge in [0.2, 0.25) is 5.91 Å². The molecule has 0 unspecified atom stereocenters. The molecule has 0 fully saturated rings. The minimum atomic E-state index is -4.79. The maximum Gasteiger partial charge on any atom is 0.573 e. The number of ether oxygens (including phenoxy) is 1. The second kappa shape index (κ2) is 8.95. The van der Waals surface area contributed by atoms with Gasteiger partial charge in [-0.1, -0.05) is 19.1 Å². The van der Waals surface area contributed by atoms with Crippen LogP contribution in [0.25, 0.3) is 11.3 Å². The molecule has 0 bridgehead atoms. The van der Waals surface area contributed by atoms with E-state index in [4.69, 9.17) is 0 Å². The predicted molar refractivity (Wildman–Crippen MR) is 108 cm³/mol. The lowest BCUT2D eigenvalue weighted by Crippen LogP contribution is -2.17. The van der Waals surface area contributed by atoms with Crippen molar-refractivity contribution >= 4 is 34.0 Å². The summed E-state index contributed by atoms with van der Waals surface area (Å²) in [4.78, 5) is 28.0. The van der Waals surface area contributed by atoms with Crippen molar-refractivity contribution in [2.24, 2.45) is 0 Å². The quantitative estimate of drug-likeness (QED) is 0.550. The molecule has 3 aromatic rings. The first kappa shape index (κ1) is 21.3. The van der Waals surface area contributed by atoms with E-state index in [9.17, 15) is 22.8 Å². The topological polar surface area (TPSA) is 80.3 Å². The number of carbonyl (C=O) groups is 2. The van der Waals surface area contributed by atoms with E-state index in [1.54, 1.807) is 36.6 Å². The summed E-state index contributed by atoms with van der Waals surface area (Å²) in [6, 6.07) is 11.7. The lowest BCUT2D eigenvalue weighted by atomic mass is 10.1. The molecular formula is C20H16F3N3O3S. The lowest BCUT2D eigenvalue weighted by molar-refractivity contribution is -0.274. The minimum Gasteiger partial charge on any atom is -0.406 e. The van der Waals surface area contributed by atoms with Crippen molar-refractivity contribution in [1.29, 1.82) is 0 Å². The lowest BCUT2D eigenvalue weighted by Gasteiger charge is -2.09. The van der Waals surface area contributed by atoms with E-state index in [0.29, 0.717) is 22.9 Å². The number of hydrogen-bond donors (Lipinski definition) is 2. The Hall–Kier alpha value is -3.40. The molecule has 0 radical (unpaired) electrons. The zero-order chi connectivity index (χ0) is 21.7. The van der Waals surface area contributed by atoms with E-state index < -0.39 is 18.0 Å². The predicted octanol–water partition coefficient (Wildman–Crippen LogP) is 5.31. The molecule has 1 aromatic heterocycles. The fourth-order valence-corrected chi connectivity index (χ4v) is 3.13. The SMILES string of the molecule is CCC(=O)Nc1ccc(-c2csc(NC(=O)c3ccc(OC(F)(F)F)cc3)n2)cc1. The number of rotatable bonds is 6. The number of benzene rings is 2. The Morgan fingerprint density at radius 3 is 2.30 bits per heavy atom. The molecule has 0 aliphatic rings. The third kappa shape index (κ3) is 5.80. The molecule has 6 nitrogen and oxygen atoms in total. The van der Waals surface area contributed by atoms with Crippen LogP contribution in [0, 0.1) is 0 Å². The summed E-state index contributed by atoms with van der Waals surface area (Å²) in [6.45, 7) is 1.76. The van der Waals surface area contributed by atoms with E-state index in [1.807, 2.05) is 0 Å². The van der Waals surface area contributed by atoms with Crippen molar-refractivity contribution in [2.75, 3.05) is 10.6 Å². The molecule has 10 heteroatoms. The highest BCUT2D eigenvalue weighted by atomic mass is 32.1. The first-order chi connectivity index (χ1) is 14.2. The molecule has 30 heavy (non-hydrogen) atoms. The van der Waals surface area contributed by atoms with Gasteiger partial charge in [0, 0.05) is 28.6 Å². The van der Waals surface area contributed by atoms with Crippen LogP contribution in [0.5, 0.6) is 5.75 Å². The van der Waals surface area contributed by atoms with Gasteiger partial charge in [0.15, 0.2) is 5.13 Å². The van der Waals surface area contributed by atoms with Crippen LogP contribution < -0.4 is 15.4 Å². The first-order valence-corrected chi connectivity index (χ1v) is 9.64. The largest absolute Gasteiger partial charge is 0.573 e. The standard InChI is InChI=1S/C20H16F3N3O3S/c1-2-17(27)24-14-7-3-12(4-8-14)16-11-30-19(25-16)26-18(28)13-5-9-15(10-6-13)29-20(21,22)23/h3-11H,2H2,1H3,(H,24,27)(H,25,26,28). The Bertz CT molecular complexity index is 1030. The molecule has 2 aromatic carbocycles. The van der Waals surface area contributed by atoms with Crippen molar-refractivity contribution in [3.05, 3.63) is 59.5 Å². The fourth-order valence-electron chi connectivity index (χ4n) is 2.41. The average Bonchev–Trinajstić information content (AvgIpc) is 3.16. The molecule has 0 saturated heterocycles. The van der Waals surface area contributed by atoms with Crippen molar-refractivity contribution < 1.29 is 27.5 Å². The summed E-state index contributed by atoms with van der Waals surface area (Å²) < 4.78 is 40.4. The number of aromatic nitrogens is 1. The van der Waals surface area contributed by atoms with Crippen LogP contribution >= 0.6 is 11.3 Å². The van der Waals surface area contributed by atoms with E-state index in [1.165, 1.54) is 23.5 Å². The number of nitrogens with one attached hydrogen (secondary N) is 2. The number of alkyl halides is 3. The molecule has 0 spiro atoms. The molecule has 2 N–H and O–H groups in total. The number of hydrogen-bond acceptors (Lipinski definition) is 5. The molecule has 0 aliphatic carbocycles. The molecule has 0 atom stereocenters. The first-order valence-electron chi connectivity index (χ1n) is 8.76. The smallest absolute Gasteiger partial charge is 0.406 e. The molecular weight excluding hydrogens is 419 g/mol. The van der Waals surface area contributed by atoms with E-state index in [0.717, 1.165) is 17.7 Å². The highest BCUT2D eigenvalue weighted by Gasteiger charge is 2.31. The minimum absolute atomic E-state index is 0.0839. The van der Waals surface area contributed by atoms with Gasteiger partial charge in [-0.2, -0.15) is 0 Å². The molecule has 0 saturated carbocycles. The summed E-state index contributed by atoms with van der Waals surface area (Å²) in [7, 11) is 0. The number of halogens is 3. The zero-order valence-corrected chi connectivity index (χ0v) is 16.4.